The van der Waals surface area contributed by atoms with Gasteiger partial charge in [0.15, 0.2) is 13.2 Å². The zero-order chi connectivity index (χ0) is 21.3. The summed E-state index contributed by atoms with van der Waals surface area (Å²) in [6, 6.07) is 14.1. The van der Waals surface area contributed by atoms with Crippen LogP contribution in [-0.4, -0.2) is 48.7 Å². The number of carbonyl (C=O) groups is 2. The van der Waals surface area contributed by atoms with Crippen LogP contribution in [0.25, 0.3) is 0 Å². The molecule has 0 radical (unpaired) electrons. The first kappa shape index (κ1) is 21.6. The fraction of sp³-hybridized carbons (Fsp3) is 0.318. The summed E-state index contributed by atoms with van der Waals surface area (Å²) in [6.45, 7) is 3.24. The monoisotopic (exact) mass is 429 g/mol. The van der Waals surface area contributed by atoms with Crippen molar-refractivity contribution in [3.8, 4) is 11.5 Å². The first-order chi connectivity index (χ1) is 14.5. The maximum Gasteiger partial charge on any atom is 0.277 e. The Labute approximate surface area is 180 Å². The first-order valence-electron chi connectivity index (χ1n) is 9.74. The molecule has 158 valence electrons. The van der Waals surface area contributed by atoms with Crippen LogP contribution >= 0.6 is 11.6 Å². The van der Waals surface area contributed by atoms with Gasteiger partial charge in [-0.2, -0.15) is 5.10 Å². The van der Waals surface area contributed by atoms with Crippen LogP contribution in [0.5, 0.6) is 11.5 Å². The van der Waals surface area contributed by atoms with Gasteiger partial charge in [0.2, 0.25) is 0 Å². The van der Waals surface area contributed by atoms with E-state index in [1.807, 2.05) is 17.0 Å². The summed E-state index contributed by atoms with van der Waals surface area (Å²) in [5.41, 5.74) is 3.90. The summed E-state index contributed by atoms with van der Waals surface area (Å²) in [5.74, 6) is 0.663. The van der Waals surface area contributed by atoms with E-state index in [9.17, 15) is 9.59 Å². The number of hydrogen-bond acceptors (Lipinski definition) is 5. The summed E-state index contributed by atoms with van der Waals surface area (Å²) < 4.78 is 10.9. The third-order valence-corrected chi connectivity index (χ3v) is 4.95. The minimum atomic E-state index is -0.394. The smallest absolute Gasteiger partial charge is 0.277 e. The number of hydrazone groups is 1. The molecule has 0 saturated carbocycles. The summed E-state index contributed by atoms with van der Waals surface area (Å²) in [7, 11) is 0. The van der Waals surface area contributed by atoms with Crippen molar-refractivity contribution in [3.63, 3.8) is 0 Å². The third kappa shape index (κ3) is 6.22. The average Bonchev–Trinajstić information content (AvgIpc) is 3.31. The van der Waals surface area contributed by atoms with Crippen molar-refractivity contribution < 1.29 is 19.1 Å². The van der Waals surface area contributed by atoms with Crippen LogP contribution in [0.15, 0.2) is 53.6 Å². The number of ether oxygens (including phenoxy) is 2. The lowest BCUT2D eigenvalue weighted by molar-refractivity contribution is -0.132. The number of likely N-dealkylation sites (tertiary alicyclic amines) is 1. The van der Waals surface area contributed by atoms with E-state index in [0.29, 0.717) is 22.2 Å². The van der Waals surface area contributed by atoms with E-state index in [2.05, 4.69) is 10.5 Å². The van der Waals surface area contributed by atoms with E-state index in [-0.39, 0.29) is 19.1 Å². The van der Waals surface area contributed by atoms with Crippen molar-refractivity contribution in [2.24, 2.45) is 5.10 Å². The average molecular weight is 430 g/mol. The molecule has 7 nitrogen and oxygen atoms in total. The van der Waals surface area contributed by atoms with Crippen LogP contribution in [0.1, 0.15) is 25.3 Å². The maximum absolute atomic E-state index is 12.0. The molecule has 0 atom stereocenters. The zero-order valence-corrected chi connectivity index (χ0v) is 17.5. The molecule has 3 rings (SSSR count). The van der Waals surface area contributed by atoms with Crippen molar-refractivity contribution in [3.05, 3.63) is 59.1 Å². The lowest BCUT2D eigenvalue weighted by Crippen LogP contribution is -2.32. The number of amides is 2. The predicted molar refractivity (Wildman–Crippen MR) is 115 cm³/mol. The lowest BCUT2D eigenvalue weighted by atomic mass is 10.1. The Kier molecular flexibility index (Phi) is 7.68. The molecule has 1 heterocycles. The largest absolute Gasteiger partial charge is 0.484 e. The Hall–Kier alpha value is -3.06. The lowest BCUT2D eigenvalue weighted by Gasteiger charge is -2.15. The second-order valence-corrected chi connectivity index (χ2v) is 7.26. The van der Waals surface area contributed by atoms with Crippen LogP contribution in [-0.2, 0) is 9.59 Å². The highest BCUT2D eigenvalue weighted by Gasteiger charge is 2.18. The van der Waals surface area contributed by atoms with Crippen LogP contribution in [0.3, 0.4) is 0 Å². The number of benzene rings is 2. The fourth-order valence-corrected chi connectivity index (χ4v) is 3.13. The number of carbonyl (C=O) groups excluding carboxylic acids is 2. The summed E-state index contributed by atoms with van der Waals surface area (Å²) in [5, 5.41) is 4.53. The number of hydrogen-bond donors (Lipinski definition) is 1. The van der Waals surface area contributed by atoms with Gasteiger partial charge in [0.05, 0.1) is 10.7 Å². The molecule has 2 aromatic carbocycles. The van der Waals surface area contributed by atoms with Gasteiger partial charge in [-0.25, -0.2) is 5.43 Å². The molecule has 0 unspecified atom stereocenters. The fourth-order valence-electron chi connectivity index (χ4n) is 2.94. The second-order valence-electron chi connectivity index (χ2n) is 6.85. The van der Waals surface area contributed by atoms with Crippen LogP contribution in [0, 0.1) is 0 Å². The van der Waals surface area contributed by atoms with Crippen molar-refractivity contribution >= 4 is 29.1 Å². The van der Waals surface area contributed by atoms with Gasteiger partial charge in [-0.15, -0.1) is 0 Å². The number of halogens is 1. The molecule has 8 heteroatoms. The molecular weight excluding hydrogens is 406 g/mol. The highest BCUT2D eigenvalue weighted by atomic mass is 35.5. The van der Waals surface area contributed by atoms with Gasteiger partial charge in [-0.1, -0.05) is 23.7 Å². The topological polar surface area (TPSA) is 80.2 Å². The molecule has 1 N–H and O–H groups in total. The summed E-state index contributed by atoms with van der Waals surface area (Å²) in [4.78, 5) is 25.8. The van der Waals surface area contributed by atoms with Gasteiger partial charge in [0, 0.05) is 13.1 Å². The summed E-state index contributed by atoms with van der Waals surface area (Å²) in [6.07, 6.45) is 2.11. The van der Waals surface area contributed by atoms with Crippen LogP contribution < -0.4 is 14.9 Å². The Morgan fingerprint density at radius 2 is 1.73 bits per heavy atom. The van der Waals surface area contributed by atoms with E-state index in [1.165, 1.54) is 0 Å². The van der Waals surface area contributed by atoms with Gasteiger partial charge in [-0.3, -0.25) is 9.59 Å². The van der Waals surface area contributed by atoms with E-state index in [0.717, 1.165) is 31.5 Å². The van der Waals surface area contributed by atoms with Gasteiger partial charge in [0.25, 0.3) is 11.8 Å². The van der Waals surface area contributed by atoms with E-state index in [4.69, 9.17) is 21.1 Å². The van der Waals surface area contributed by atoms with E-state index in [1.54, 1.807) is 43.3 Å². The van der Waals surface area contributed by atoms with E-state index >= 15 is 0 Å². The molecule has 1 saturated heterocycles. The number of rotatable bonds is 8. The summed E-state index contributed by atoms with van der Waals surface area (Å²) >= 11 is 5.99. The van der Waals surface area contributed by atoms with Gasteiger partial charge >= 0.3 is 0 Å². The molecule has 0 aromatic heterocycles. The predicted octanol–water partition coefficient (Wildman–Crippen LogP) is 3.26. The Balaban J connectivity index is 1.45. The minimum absolute atomic E-state index is 0.0102. The molecule has 30 heavy (non-hydrogen) atoms. The van der Waals surface area contributed by atoms with Gasteiger partial charge < -0.3 is 14.4 Å². The minimum Gasteiger partial charge on any atom is -0.484 e. The Morgan fingerprint density at radius 3 is 2.43 bits per heavy atom. The Bertz CT molecular complexity index is 909. The highest BCUT2D eigenvalue weighted by molar-refractivity contribution is 6.32. The molecule has 0 spiro atoms. The van der Waals surface area contributed by atoms with Crippen molar-refractivity contribution in [2.75, 3.05) is 26.3 Å². The molecule has 0 bridgehead atoms. The van der Waals surface area contributed by atoms with Gasteiger partial charge in [-0.05, 0) is 61.7 Å². The zero-order valence-electron chi connectivity index (χ0n) is 16.8. The normalized spacial score (nSPS) is 13.8. The molecule has 1 aliphatic heterocycles. The number of nitrogens with one attached hydrogen (secondary N) is 1. The van der Waals surface area contributed by atoms with Crippen LogP contribution in [0.2, 0.25) is 5.02 Å². The number of nitrogens with zero attached hydrogens (tertiary/aromatic N) is 2. The van der Waals surface area contributed by atoms with Crippen molar-refractivity contribution in [1.29, 1.82) is 0 Å². The van der Waals surface area contributed by atoms with E-state index < -0.39 is 5.91 Å². The van der Waals surface area contributed by atoms with Crippen molar-refractivity contribution in [1.82, 2.24) is 10.3 Å². The first-order valence-corrected chi connectivity index (χ1v) is 10.1. The third-order valence-electron chi connectivity index (χ3n) is 4.64. The molecule has 2 aromatic rings. The second kappa shape index (κ2) is 10.6. The molecule has 2 amide bonds. The molecular formula is C22H24ClN3O4. The number of para-hydroxylation sites is 1. The van der Waals surface area contributed by atoms with Crippen molar-refractivity contribution in [2.45, 2.75) is 19.8 Å². The van der Waals surface area contributed by atoms with Gasteiger partial charge in [0.1, 0.15) is 11.5 Å². The molecule has 1 aliphatic rings. The SMILES string of the molecule is C/C(=N\NC(=O)COc1ccccc1Cl)c1ccc(OCC(=O)N2CCCC2)cc1. The van der Waals surface area contributed by atoms with Crippen LogP contribution in [0.4, 0.5) is 0 Å². The quantitative estimate of drug-likeness (QED) is 0.516. The standard InChI is InChI=1S/C22H24ClN3O4/c1-16(24-25-21(27)14-30-20-7-3-2-6-19(20)23)17-8-10-18(11-9-17)29-15-22(28)26-12-4-5-13-26/h2-3,6-11H,4-5,12-15H2,1H3,(H,25,27)/b24-16+. The molecule has 1 fully saturated rings. The molecule has 0 aliphatic carbocycles. The maximum atomic E-state index is 12.0. The Morgan fingerprint density at radius 1 is 1.03 bits per heavy atom. The highest BCUT2D eigenvalue weighted by Crippen LogP contribution is 2.22.